The molecule has 0 radical (unpaired) electrons. The van der Waals surface area contributed by atoms with Crippen LogP contribution in [0.15, 0.2) is 48.8 Å². The minimum Gasteiger partial charge on any atom is -0.352 e. The van der Waals surface area contributed by atoms with Crippen LogP contribution in [-0.2, 0) is 6.42 Å². The van der Waals surface area contributed by atoms with Crippen LogP contribution in [0.25, 0.3) is 11.4 Å². The minimum atomic E-state index is -0.0692. The average molecular weight is 376 g/mol. The van der Waals surface area contributed by atoms with E-state index in [0.29, 0.717) is 30.3 Å². The van der Waals surface area contributed by atoms with Crippen LogP contribution in [0, 0.1) is 0 Å². The smallest absolute Gasteiger partial charge is 0.251 e. The zero-order chi connectivity index (χ0) is 19.2. The number of hydrogen-bond donors (Lipinski definition) is 3. The highest BCUT2D eigenvalue weighted by molar-refractivity contribution is 5.94. The fourth-order valence-electron chi connectivity index (χ4n) is 3.47. The zero-order valence-electron chi connectivity index (χ0n) is 15.7. The molecular formula is C21H24N6O. The molecule has 144 valence electrons. The van der Waals surface area contributed by atoms with Crippen molar-refractivity contribution in [1.82, 2.24) is 30.8 Å². The first kappa shape index (κ1) is 18.3. The van der Waals surface area contributed by atoms with E-state index < -0.39 is 0 Å². The number of carbonyl (C=O) groups excluding carboxylic acids is 1. The highest BCUT2D eigenvalue weighted by Crippen LogP contribution is 2.23. The SMILES string of the molecule is O=C(NCCc1nc(-c2cccnc2)n[nH]1)c1ccc(C2CCCNC2)cc1. The molecule has 1 fully saturated rings. The molecule has 28 heavy (non-hydrogen) atoms. The van der Waals surface area contributed by atoms with E-state index in [-0.39, 0.29) is 5.91 Å². The van der Waals surface area contributed by atoms with Crippen molar-refractivity contribution in [3.8, 4) is 11.4 Å². The van der Waals surface area contributed by atoms with Gasteiger partial charge in [-0.3, -0.25) is 14.9 Å². The molecule has 7 nitrogen and oxygen atoms in total. The van der Waals surface area contributed by atoms with Gasteiger partial charge < -0.3 is 10.6 Å². The van der Waals surface area contributed by atoms with Gasteiger partial charge in [-0.25, -0.2) is 4.98 Å². The molecule has 3 heterocycles. The Hall–Kier alpha value is -3.06. The molecule has 2 aromatic heterocycles. The van der Waals surface area contributed by atoms with Gasteiger partial charge in [0.05, 0.1) is 0 Å². The molecule has 1 aliphatic heterocycles. The number of benzene rings is 1. The van der Waals surface area contributed by atoms with E-state index in [1.165, 1.54) is 18.4 Å². The fourth-order valence-corrected chi connectivity index (χ4v) is 3.47. The van der Waals surface area contributed by atoms with Crippen molar-refractivity contribution in [1.29, 1.82) is 0 Å². The molecular weight excluding hydrogens is 352 g/mol. The predicted octanol–water partition coefficient (Wildman–Crippen LogP) is 2.31. The molecule has 1 aliphatic rings. The van der Waals surface area contributed by atoms with Crippen LogP contribution in [0.5, 0.6) is 0 Å². The number of hydrogen-bond acceptors (Lipinski definition) is 5. The second-order valence-corrected chi connectivity index (χ2v) is 7.02. The highest BCUT2D eigenvalue weighted by Gasteiger charge is 2.15. The molecule has 0 bridgehead atoms. The Kier molecular flexibility index (Phi) is 5.72. The summed E-state index contributed by atoms with van der Waals surface area (Å²) in [5.74, 6) is 1.83. The number of aromatic amines is 1. The normalized spacial score (nSPS) is 16.6. The molecule has 1 aromatic carbocycles. The molecule has 4 rings (SSSR count). The topological polar surface area (TPSA) is 95.6 Å². The van der Waals surface area contributed by atoms with Gasteiger partial charge in [-0.05, 0) is 55.1 Å². The second kappa shape index (κ2) is 8.75. The number of nitrogens with one attached hydrogen (secondary N) is 3. The largest absolute Gasteiger partial charge is 0.352 e. The van der Waals surface area contributed by atoms with Gasteiger partial charge in [0, 0.05) is 43.0 Å². The molecule has 3 aromatic rings. The van der Waals surface area contributed by atoms with Crippen molar-refractivity contribution in [3.63, 3.8) is 0 Å². The van der Waals surface area contributed by atoms with Gasteiger partial charge in [0.25, 0.3) is 5.91 Å². The third kappa shape index (κ3) is 4.43. The number of H-pyrrole nitrogens is 1. The van der Waals surface area contributed by atoms with Crippen molar-refractivity contribution < 1.29 is 4.79 Å². The Morgan fingerprint density at radius 2 is 2.11 bits per heavy atom. The summed E-state index contributed by atoms with van der Waals surface area (Å²) in [7, 11) is 0. The molecule has 0 spiro atoms. The van der Waals surface area contributed by atoms with Crippen molar-refractivity contribution in [2.45, 2.75) is 25.2 Å². The van der Waals surface area contributed by atoms with Gasteiger partial charge in [0.15, 0.2) is 5.82 Å². The molecule has 0 saturated carbocycles. The lowest BCUT2D eigenvalue weighted by molar-refractivity contribution is 0.0954. The zero-order valence-corrected chi connectivity index (χ0v) is 15.7. The Balaban J connectivity index is 1.28. The van der Waals surface area contributed by atoms with E-state index in [0.717, 1.165) is 24.5 Å². The Morgan fingerprint density at radius 3 is 2.86 bits per heavy atom. The van der Waals surface area contributed by atoms with E-state index in [1.54, 1.807) is 12.4 Å². The van der Waals surface area contributed by atoms with E-state index in [1.807, 2.05) is 24.3 Å². The summed E-state index contributed by atoms with van der Waals surface area (Å²) < 4.78 is 0. The summed E-state index contributed by atoms with van der Waals surface area (Å²) >= 11 is 0. The Labute approximate surface area is 164 Å². The number of aromatic nitrogens is 4. The molecule has 1 amide bonds. The van der Waals surface area contributed by atoms with Gasteiger partial charge in [-0.1, -0.05) is 12.1 Å². The number of pyridine rings is 1. The van der Waals surface area contributed by atoms with E-state index >= 15 is 0 Å². The van der Waals surface area contributed by atoms with Crippen molar-refractivity contribution >= 4 is 5.91 Å². The standard InChI is InChI=1S/C21H24N6O/c28-21(16-7-5-15(6-8-16)17-3-1-10-22-13-17)24-12-9-19-25-20(27-26-19)18-4-2-11-23-14-18/h2,4-8,11,14,17,22H,1,3,9-10,12-13H2,(H,24,28)(H,25,26,27). The first-order valence-electron chi connectivity index (χ1n) is 9.70. The minimum absolute atomic E-state index is 0.0692. The van der Waals surface area contributed by atoms with Gasteiger partial charge in [-0.15, -0.1) is 0 Å². The molecule has 7 heteroatoms. The van der Waals surface area contributed by atoms with Crippen molar-refractivity contribution in [2.24, 2.45) is 0 Å². The summed E-state index contributed by atoms with van der Waals surface area (Å²) in [5, 5.41) is 13.5. The van der Waals surface area contributed by atoms with E-state index in [2.05, 4.69) is 42.9 Å². The van der Waals surface area contributed by atoms with Gasteiger partial charge in [0.2, 0.25) is 0 Å². The summed E-state index contributed by atoms with van der Waals surface area (Å²) in [5.41, 5.74) is 2.84. The number of carbonyl (C=O) groups is 1. The number of rotatable bonds is 6. The maximum absolute atomic E-state index is 12.4. The van der Waals surface area contributed by atoms with Crippen LogP contribution < -0.4 is 10.6 Å². The first-order valence-corrected chi connectivity index (χ1v) is 9.70. The van der Waals surface area contributed by atoms with Crippen LogP contribution in [0.2, 0.25) is 0 Å². The van der Waals surface area contributed by atoms with Crippen LogP contribution >= 0.6 is 0 Å². The number of amides is 1. The maximum atomic E-state index is 12.4. The maximum Gasteiger partial charge on any atom is 0.251 e. The lowest BCUT2D eigenvalue weighted by atomic mass is 9.91. The van der Waals surface area contributed by atoms with E-state index in [4.69, 9.17) is 0 Å². The molecule has 0 aliphatic carbocycles. The fraction of sp³-hybridized carbons (Fsp3) is 0.333. The lowest BCUT2D eigenvalue weighted by Crippen LogP contribution is -2.28. The molecule has 1 atom stereocenters. The second-order valence-electron chi connectivity index (χ2n) is 7.02. The lowest BCUT2D eigenvalue weighted by Gasteiger charge is -2.23. The summed E-state index contributed by atoms with van der Waals surface area (Å²) in [6.45, 7) is 2.62. The van der Waals surface area contributed by atoms with Gasteiger partial charge in [-0.2, -0.15) is 5.10 Å². The van der Waals surface area contributed by atoms with Crippen LogP contribution in [0.3, 0.4) is 0 Å². The molecule has 1 saturated heterocycles. The summed E-state index contributed by atoms with van der Waals surface area (Å²) in [6, 6.07) is 11.7. The van der Waals surface area contributed by atoms with Crippen LogP contribution in [-0.4, -0.2) is 45.7 Å². The highest BCUT2D eigenvalue weighted by atomic mass is 16.1. The monoisotopic (exact) mass is 376 g/mol. The molecule has 3 N–H and O–H groups in total. The third-order valence-corrected chi connectivity index (χ3v) is 5.04. The quantitative estimate of drug-likeness (QED) is 0.614. The van der Waals surface area contributed by atoms with Crippen molar-refractivity contribution in [3.05, 3.63) is 65.7 Å². The first-order chi connectivity index (χ1) is 13.8. The van der Waals surface area contributed by atoms with Gasteiger partial charge in [0.1, 0.15) is 5.82 Å². The number of piperidine rings is 1. The van der Waals surface area contributed by atoms with Gasteiger partial charge >= 0.3 is 0 Å². The third-order valence-electron chi connectivity index (χ3n) is 5.04. The van der Waals surface area contributed by atoms with Crippen LogP contribution in [0.4, 0.5) is 0 Å². The summed E-state index contributed by atoms with van der Waals surface area (Å²) in [6.07, 6.45) is 6.44. The summed E-state index contributed by atoms with van der Waals surface area (Å²) in [4.78, 5) is 20.9. The predicted molar refractivity (Wildman–Crippen MR) is 107 cm³/mol. The average Bonchev–Trinajstić information content (AvgIpc) is 3.24. The number of nitrogens with zero attached hydrogens (tertiary/aromatic N) is 3. The Bertz CT molecular complexity index is 900. The van der Waals surface area contributed by atoms with Crippen molar-refractivity contribution in [2.75, 3.05) is 19.6 Å². The van der Waals surface area contributed by atoms with Crippen LogP contribution in [0.1, 0.15) is 40.5 Å². The molecule has 1 unspecified atom stereocenters. The Morgan fingerprint density at radius 1 is 1.21 bits per heavy atom. The van der Waals surface area contributed by atoms with E-state index in [9.17, 15) is 4.79 Å².